The van der Waals surface area contributed by atoms with Gasteiger partial charge in [0.15, 0.2) is 5.58 Å². The van der Waals surface area contributed by atoms with Crippen LogP contribution in [0.5, 0.6) is 0 Å². The normalized spacial score (nSPS) is 10.8. The Kier molecular flexibility index (Phi) is 3.44. The first-order valence-electron chi connectivity index (χ1n) is 5.89. The summed E-state index contributed by atoms with van der Waals surface area (Å²) in [6.45, 7) is 0. The summed E-state index contributed by atoms with van der Waals surface area (Å²) in [5.74, 6) is -1.00. The molecule has 7 heteroatoms. The van der Waals surface area contributed by atoms with Crippen LogP contribution in [-0.4, -0.2) is 16.1 Å². The van der Waals surface area contributed by atoms with Gasteiger partial charge in [0.05, 0.1) is 5.56 Å². The van der Waals surface area contributed by atoms with Gasteiger partial charge < -0.3 is 4.42 Å². The third-order valence-corrected chi connectivity index (χ3v) is 3.41. The van der Waals surface area contributed by atoms with E-state index in [9.17, 15) is 9.18 Å². The number of benzene rings is 2. The molecule has 0 spiro atoms. The predicted octanol–water partition coefficient (Wildman–Crippen LogP) is 3.52. The zero-order valence-corrected chi connectivity index (χ0v) is 12.0. The van der Waals surface area contributed by atoms with Gasteiger partial charge in [0.25, 0.3) is 5.91 Å². The van der Waals surface area contributed by atoms with Crippen molar-refractivity contribution in [3.05, 3.63) is 52.3 Å². The van der Waals surface area contributed by atoms with Crippen LogP contribution in [0.3, 0.4) is 0 Å². The van der Waals surface area contributed by atoms with E-state index >= 15 is 0 Å². The van der Waals surface area contributed by atoms with E-state index in [1.807, 2.05) is 0 Å². The van der Waals surface area contributed by atoms with Crippen molar-refractivity contribution in [2.75, 3.05) is 0 Å². The minimum atomic E-state index is -0.656. The molecule has 0 saturated carbocycles. The fourth-order valence-corrected chi connectivity index (χ4v) is 2.24. The van der Waals surface area contributed by atoms with Gasteiger partial charge in [0, 0.05) is 10.0 Å². The number of nitrogens with one attached hydrogen (secondary N) is 1. The molecule has 3 aromatic rings. The zero-order valence-electron chi connectivity index (χ0n) is 10.4. The molecule has 0 bridgehead atoms. The molecule has 0 fully saturated rings. The van der Waals surface area contributed by atoms with Crippen LogP contribution >= 0.6 is 15.9 Å². The van der Waals surface area contributed by atoms with Crippen molar-refractivity contribution in [1.29, 1.82) is 0 Å². The molecule has 0 saturated heterocycles. The largest absolute Gasteiger partial charge is 0.436 e. The van der Waals surface area contributed by atoms with E-state index in [1.54, 1.807) is 12.1 Å². The Morgan fingerprint density at radius 2 is 2.10 bits per heavy atom. The van der Waals surface area contributed by atoms with Gasteiger partial charge in [-0.25, -0.2) is 14.9 Å². The number of nitrogens with zero attached hydrogens (tertiary/aromatic N) is 1. The molecular weight excluding hydrogens is 343 g/mol. The minimum Gasteiger partial charge on any atom is -0.436 e. The Hall–Kier alpha value is -2.25. The number of hydroxylamine groups is 1. The lowest BCUT2D eigenvalue weighted by Crippen LogP contribution is -2.18. The molecule has 1 aromatic heterocycles. The van der Waals surface area contributed by atoms with Crippen LogP contribution in [0.1, 0.15) is 10.4 Å². The number of hydrogen-bond donors (Lipinski definition) is 2. The number of oxazole rings is 1. The number of fused-ring (bicyclic) bond motifs is 1. The molecular formula is C14H8BrFN2O3. The molecule has 0 aliphatic heterocycles. The first kappa shape index (κ1) is 13.7. The van der Waals surface area contributed by atoms with Crippen molar-refractivity contribution >= 4 is 32.9 Å². The summed E-state index contributed by atoms with van der Waals surface area (Å²) in [6, 6.07) is 9.00. The Morgan fingerprint density at radius 1 is 1.29 bits per heavy atom. The summed E-state index contributed by atoms with van der Waals surface area (Å²) in [4.78, 5) is 15.5. The van der Waals surface area contributed by atoms with Gasteiger partial charge in [-0.1, -0.05) is 15.9 Å². The molecule has 0 aliphatic rings. The van der Waals surface area contributed by atoms with E-state index in [-0.39, 0.29) is 17.0 Å². The van der Waals surface area contributed by atoms with Gasteiger partial charge in [-0.15, -0.1) is 0 Å². The van der Waals surface area contributed by atoms with Crippen molar-refractivity contribution in [3.8, 4) is 11.5 Å². The maximum atomic E-state index is 13.9. The van der Waals surface area contributed by atoms with Crippen LogP contribution in [0.15, 0.2) is 45.3 Å². The standard InChI is InChI=1S/C14H8BrFN2O3/c15-8-2-3-9(10(16)6-8)14-17-11-5-7(13(19)18-20)1-4-12(11)21-14/h1-6,20H,(H,18,19). The molecule has 0 aliphatic carbocycles. The summed E-state index contributed by atoms with van der Waals surface area (Å²) in [6.07, 6.45) is 0. The number of rotatable bonds is 2. The molecule has 21 heavy (non-hydrogen) atoms. The molecule has 0 atom stereocenters. The maximum absolute atomic E-state index is 13.9. The van der Waals surface area contributed by atoms with E-state index in [0.717, 1.165) is 0 Å². The summed E-state index contributed by atoms with van der Waals surface area (Å²) >= 11 is 3.18. The number of amides is 1. The van der Waals surface area contributed by atoms with E-state index in [2.05, 4.69) is 20.9 Å². The number of aromatic nitrogens is 1. The first-order valence-corrected chi connectivity index (χ1v) is 6.68. The number of hydrogen-bond acceptors (Lipinski definition) is 4. The fraction of sp³-hybridized carbons (Fsp3) is 0. The quantitative estimate of drug-likeness (QED) is 0.547. The van der Waals surface area contributed by atoms with Gasteiger partial charge in [-0.3, -0.25) is 10.0 Å². The smallest absolute Gasteiger partial charge is 0.274 e. The summed E-state index contributed by atoms with van der Waals surface area (Å²) in [5, 5.41) is 8.61. The average Bonchev–Trinajstić information content (AvgIpc) is 2.88. The lowest BCUT2D eigenvalue weighted by atomic mass is 10.2. The van der Waals surface area contributed by atoms with Gasteiger partial charge in [0.2, 0.25) is 5.89 Å². The predicted molar refractivity (Wildman–Crippen MR) is 76.4 cm³/mol. The molecule has 2 N–H and O–H groups in total. The lowest BCUT2D eigenvalue weighted by Gasteiger charge is -1.97. The lowest BCUT2D eigenvalue weighted by molar-refractivity contribution is 0.0706. The van der Waals surface area contributed by atoms with Crippen molar-refractivity contribution in [2.24, 2.45) is 0 Å². The Bertz CT molecular complexity index is 847. The van der Waals surface area contributed by atoms with Crippen LogP contribution in [-0.2, 0) is 0 Å². The number of carbonyl (C=O) groups excluding carboxylic acids is 1. The monoisotopic (exact) mass is 350 g/mol. The van der Waals surface area contributed by atoms with Gasteiger partial charge >= 0.3 is 0 Å². The van der Waals surface area contributed by atoms with E-state index < -0.39 is 11.7 Å². The van der Waals surface area contributed by atoms with Crippen molar-refractivity contribution < 1.29 is 18.8 Å². The van der Waals surface area contributed by atoms with Crippen LogP contribution in [0.2, 0.25) is 0 Å². The van der Waals surface area contributed by atoms with E-state index in [0.29, 0.717) is 15.6 Å². The van der Waals surface area contributed by atoms with E-state index in [1.165, 1.54) is 29.7 Å². The zero-order chi connectivity index (χ0) is 15.0. The summed E-state index contributed by atoms with van der Waals surface area (Å²) < 4.78 is 20.0. The SMILES string of the molecule is O=C(NO)c1ccc2oc(-c3ccc(Br)cc3F)nc2c1. The van der Waals surface area contributed by atoms with E-state index in [4.69, 9.17) is 9.62 Å². The third-order valence-electron chi connectivity index (χ3n) is 2.91. The number of halogens is 2. The van der Waals surface area contributed by atoms with Crippen molar-refractivity contribution in [3.63, 3.8) is 0 Å². The highest BCUT2D eigenvalue weighted by molar-refractivity contribution is 9.10. The molecule has 0 radical (unpaired) electrons. The van der Waals surface area contributed by atoms with Crippen LogP contribution < -0.4 is 5.48 Å². The highest BCUT2D eigenvalue weighted by Crippen LogP contribution is 2.28. The molecule has 1 amide bonds. The molecule has 3 rings (SSSR count). The van der Waals surface area contributed by atoms with Gasteiger partial charge in [-0.2, -0.15) is 0 Å². The van der Waals surface area contributed by atoms with Gasteiger partial charge in [-0.05, 0) is 36.4 Å². The Morgan fingerprint density at radius 3 is 2.81 bits per heavy atom. The third kappa shape index (κ3) is 2.53. The molecule has 1 heterocycles. The van der Waals surface area contributed by atoms with Crippen LogP contribution in [0.25, 0.3) is 22.6 Å². The topological polar surface area (TPSA) is 75.4 Å². The minimum absolute atomic E-state index is 0.122. The average molecular weight is 351 g/mol. The highest BCUT2D eigenvalue weighted by atomic mass is 79.9. The van der Waals surface area contributed by atoms with Crippen molar-refractivity contribution in [1.82, 2.24) is 10.5 Å². The molecule has 2 aromatic carbocycles. The van der Waals surface area contributed by atoms with Gasteiger partial charge in [0.1, 0.15) is 11.3 Å². The Labute approximate surface area is 126 Å². The highest BCUT2D eigenvalue weighted by Gasteiger charge is 2.14. The summed E-state index contributed by atoms with van der Waals surface area (Å²) in [5.41, 5.74) is 2.80. The van der Waals surface area contributed by atoms with Crippen molar-refractivity contribution in [2.45, 2.75) is 0 Å². The second kappa shape index (κ2) is 5.27. The fourth-order valence-electron chi connectivity index (χ4n) is 1.91. The molecule has 0 unspecified atom stereocenters. The first-order chi connectivity index (χ1) is 10.1. The van der Waals surface area contributed by atoms with Crippen LogP contribution in [0, 0.1) is 5.82 Å². The summed E-state index contributed by atoms with van der Waals surface area (Å²) in [7, 11) is 0. The molecule has 5 nitrogen and oxygen atoms in total. The Balaban J connectivity index is 2.10. The molecule has 106 valence electrons. The maximum Gasteiger partial charge on any atom is 0.274 e. The van der Waals surface area contributed by atoms with Crippen LogP contribution in [0.4, 0.5) is 4.39 Å². The second-order valence-corrected chi connectivity index (χ2v) is 5.18. The number of carbonyl (C=O) groups is 1. The second-order valence-electron chi connectivity index (χ2n) is 4.27.